The van der Waals surface area contributed by atoms with Crippen molar-refractivity contribution < 1.29 is 4.79 Å². The van der Waals surface area contributed by atoms with Crippen LogP contribution in [0.3, 0.4) is 0 Å². The normalized spacial score (nSPS) is 25.4. The zero-order valence-corrected chi connectivity index (χ0v) is 14.8. The SMILES string of the molecule is Cc1cc(N)n(CC(=O)N2C[C@@H]3CNC[C@@H]3[C@H]2c2ccccc2C)n1. The van der Waals surface area contributed by atoms with E-state index in [-0.39, 0.29) is 18.5 Å². The van der Waals surface area contributed by atoms with Crippen LogP contribution in [0.15, 0.2) is 30.3 Å². The highest BCUT2D eigenvalue weighted by atomic mass is 16.2. The molecule has 0 saturated carbocycles. The summed E-state index contributed by atoms with van der Waals surface area (Å²) in [5, 5.41) is 7.83. The number of aromatic nitrogens is 2. The van der Waals surface area contributed by atoms with E-state index in [0.29, 0.717) is 17.7 Å². The maximum atomic E-state index is 13.1. The number of carbonyl (C=O) groups is 1. The largest absolute Gasteiger partial charge is 0.384 e. The van der Waals surface area contributed by atoms with E-state index < -0.39 is 0 Å². The third-order valence-electron chi connectivity index (χ3n) is 5.61. The molecule has 0 spiro atoms. The molecular weight excluding hydrogens is 314 g/mol. The fourth-order valence-electron chi connectivity index (χ4n) is 4.41. The molecule has 6 nitrogen and oxygen atoms in total. The van der Waals surface area contributed by atoms with Crippen molar-refractivity contribution in [1.82, 2.24) is 20.0 Å². The van der Waals surface area contributed by atoms with Crippen LogP contribution in [-0.2, 0) is 11.3 Å². The Morgan fingerprint density at radius 3 is 2.84 bits per heavy atom. The number of benzene rings is 1. The van der Waals surface area contributed by atoms with Crippen LogP contribution in [0.1, 0.15) is 22.9 Å². The molecule has 0 bridgehead atoms. The number of nitrogen functional groups attached to an aromatic ring is 1. The summed E-state index contributed by atoms with van der Waals surface area (Å²) in [5.74, 6) is 1.63. The summed E-state index contributed by atoms with van der Waals surface area (Å²) >= 11 is 0. The van der Waals surface area contributed by atoms with Gasteiger partial charge in [-0.15, -0.1) is 0 Å². The molecule has 6 heteroatoms. The average molecular weight is 339 g/mol. The Balaban J connectivity index is 1.64. The van der Waals surface area contributed by atoms with Crippen molar-refractivity contribution in [3.8, 4) is 0 Å². The van der Waals surface area contributed by atoms with Crippen LogP contribution in [-0.4, -0.2) is 40.2 Å². The number of carbonyl (C=O) groups excluding carboxylic acids is 1. The smallest absolute Gasteiger partial charge is 0.244 e. The highest BCUT2D eigenvalue weighted by Gasteiger charge is 2.47. The van der Waals surface area contributed by atoms with Crippen molar-refractivity contribution in [2.45, 2.75) is 26.4 Å². The molecule has 2 aliphatic rings. The highest BCUT2D eigenvalue weighted by Crippen LogP contribution is 2.43. The lowest BCUT2D eigenvalue weighted by Crippen LogP contribution is -2.37. The van der Waals surface area contributed by atoms with Gasteiger partial charge in [-0.05, 0) is 30.9 Å². The van der Waals surface area contributed by atoms with Gasteiger partial charge in [-0.1, -0.05) is 24.3 Å². The maximum absolute atomic E-state index is 13.1. The van der Waals surface area contributed by atoms with Crippen molar-refractivity contribution in [2.75, 3.05) is 25.4 Å². The summed E-state index contributed by atoms with van der Waals surface area (Å²) in [7, 11) is 0. The number of nitrogens with zero attached hydrogens (tertiary/aromatic N) is 3. The monoisotopic (exact) mass is 339 g/mol. The predicted molar refractivity (Wildman–Crippen MR) is 96.9 cm³/mol. The number of amides is 1. The average Bonchev–Trinajstić information content (AvgIpc) is 3.23. The molecule has 3 heterocycles. The van der Waals surface area contributed by atoms with Gasteiger partial charge in [0.25, 0.3) is 0 Å². The zero-order valence-electron chi connectivity index (χ0n) is 14.8. The predicted octanol–water partition coefficient (Wildman–Crippen LogP) is 1.50. The molecule has 1 aromatic heterocycles. The first kappa shape index (κ1) is 16.1. The third-order valence-corrected chi connectivity index (χ3v) is 5.61. The number of anilines is 1. The minimum absolute atomic E-state index is 0.0949. The van der Waals surface area contributed by atoms with Gasteiger partial charge in [-0.3, -0.25) is 4.79 Å². The first-order valence-electron chi connectivity index (χ1n) is 8.90. The lowest BCUT2D eigenvalue weighted by atomic mass is 9.87. The van der Waals surface area contributed by atoms with Gasteiger partial charge in [-0.2, -0.15) is 5.10 Å². The van der Waals surface area contributed by atoms with Crippen LogP contribution in [0.5, 0.6) is 0 Å². The number of nitrogens with two attached hydrogens (primary N) is 1. The van der Waals surface area contributed by atoms with Gasteiger partial charge in [0.2, 0.25) is 5.91 Å². The topological polar surface area (TPSA) is 76.2 Å². The minimum atomic E-state index is 0.0949. The van der Waals surface area contributed by atoms with Crippen LogP contribution in [0.25, 0.3) is 0 Å². The molecular formula is C19H25N5O. The molecule has 1 aromatic carbocycles. The molecule has 2 fully saturated rings. The Hall–Kier alpha value is -2.34. The number of fused-ring (bicyclic) bond motifs is 1. The van der Waals surface area contributed by atoms with Gasteiger partial charge in [0.05, 0.1) is 11.7 Å². The van der Waals surface area contributed by atoms with Crippen LogP contribution in [0.2, 0.25) is 0 Å². The summed E-state index contributed by atoms with van der Waals surface area (Å²) in [4.78, 5) is 15.1. The molecule has 0 aliphatic carbocycles. The number of rotatable bonds is 3. The van der Waals surface area contributed by atoms with E-state index in [4.69, 9.17) is 5.73 Å². The fraction of sp³-hybridized carbons (Fsp3) is 0.474. The Bertz CT molecular complexity index is 799. The second kappa shape index (κ2) is 6.19. The molecule has 2 aromatic rings. The summed E-state index contributed by atoms with van der Waals surface area (Å²) in [6.07, 6.45) is 0. The molecule has 0 unspecified atom stereocenters. The molecule has 0 radical (unpaired) electrons. The molecule has 132 valence electrons. The van der Waals surface area contributed by atoms with E-state index in [1.807, 2.05) is 6.92 Å². The number of hydrogen-bond donors (Lipinski definition) is 2. The molecule has 3 N–H and O–H groups in total. The molecule has 1 amide bonds. The maximum Gasteiger partial charge on any atom is 0.244 e. The second-order valence-electron chi connectivity index (χ2n) is 7.30. The van der Waals surface area contributed by atoms with E-state index >= 15 is 0 Å². The highest BCUT2D eigenvalue weighted by molar-refractivity contribution is 5.77. The van der Waals surface area contributed by atoms with Crippen LogP contribution >= 0.6 is 0 Å². The van der Waals surface area contributed by atoms with Gasteiger partial charge in [-0.25, -0.2) is 4.68 Å². The zero-order chi connectivity index (χ0) is 17.6. The number of hydrogen-bond acceptors (Lipinski definition) is 4. The van der Waals surface area contributed by atoms with Crippen LogP contribution < -0.4 is 11.1 Å². The summed E-state index contributed by atoms with van der Waals surface area (Å²) in [5.41, 5.74) is 9.31. The summed E-state index contributed by atoms with van der Waals surface area (Å²) < 4.78 is 1.61. The van der Waals surface area contributed by atoms with E-state index in [2.05, 4.69) is 46.5 Å². The molecule has 2 saturated heterocycles. The van der Waals surface area contributed by atoms with Crippen molar-refractivity contribution in [1.29, 1.82) is 0 Å². The first-order chi connectivity index (χ1) is 12.0. The number of nitrogens with one attached hydrogen (secondary N) is 1. The molecule has 2 aliphatic heterocycles. The van der Waals surface area contributed by atoms with Crippen molar-refractivity contribution in [2.24, 2.45) is 11.8 Å². The summed E-state index contributed by atoms with van der Waals surface area (Å²) in [6, 6.07) is 10.3. The van der Waals surface area contributed by atoms with Crippen LogP contribution in [0, 0.1) is 25.7 Å². The van der Waals surface area contributed by atoms with Gasteiger partial charge >= 0.3 is 0 Å². The van der Waals surface area contributed by atoms with Crippen molar-refractivity contribution >= 4 is 11.7 Å². The van der Waals surface area contributed by atoms with Crippen molar-refractivity contribution in [3.05, 3.63) is 47.2 Å². The Labute approximate surface area is 148 Å². The van der Waals surface area contributed by atoms with Crippen LogP contribution in [0.4, 0.5) is 5.82 Å². The van der Waals surface area contributed by atoms with Gasteiger partial charge in [0.1, 0.15) is 12.4 Å². The quantitative estimate of drug-likeness (QED) is 0.888. The van der Waals surface area contributed by atoms with E-state index in [1.54, 1.807) is 10.7 Å². The minimum Gasteiger partial charge on any atom is -0.384 e. The second-order valence-corrected chi connectivity index (χ2v) is 7.30. The lowest BCUT2D eigenvalue weighted by molar-refractivity contribution is -0.133. The van der Waals surface area contributed by atoms with E-state index in [1.165, 1.54) is 11.1 Å². The molecule has 4 rings (SSSR count). The Kier molecular flexibility index (Phi) is 4.00. The van der Waals surface area contributed by atoms with Gasteiger partial charge in [0.15, 0.2) is 0 Å². The van der Waals surface area contributed by atoms with Gasteiger partial charge < -0.3 is 16.0 Å². The van der Waals surface area contributed by atoms with E-state index in [9.17, 15) is 4.79 Å². The third kappa shape index (κ3) is 2.80. The first-order valence-corrected chi connectivity index (χ1v) is 8.90. The molecule has 3 atom stereocenters. The number of likely N-dealkylation sites (tertiary alicyclic amines) is 1. The lowest BCUT2D eigenvalue weighted by Gasteiger charge is -2.29. The summed E-state index contributed by atoms with van der Waals surface area (Å²) in [6.45, 7) is 6.98. The Morgan fingerprint density at radius 1 is 1.32 bits per heavy atom. The Morgan fingerprint density at radius 2 is 2.12 bits per heavy atom. The van der Waals surface area contributed by atoms with E-state index in [0.717, 1.165) is 25.3 Å². The molecule has 25 heavy (non-hydrogen) atoms. The fourth-order valence-corrected chi connectivity index (χ4v) is 4.41. The van der Waals surface area contributed by atoms with Crippen molar-refractivity contribution in [3.63, 3.8) is 0 Å². The van der Waals surface area contributed by atoms with Gasteiger partial charge in [0, 0.05) is 31.6 Å². The number of aryl methyl sites for hydroxylation is 2. The standard InChI is InChI=1S/C19H25N5O/c1-12-5-3-4-6-15(12)19-16-9-21-8-14(16)10-23(19)18(25)11-24-17(20)7-13(2)22-24/h3-7,14,16,19,21H,8-11,20H2,1-2H3/t14-,16-,19+/m0/s1.